The Kier molecular flexibility index (Phi) is 3.14. The van der Waals surface area contributed by atoms with Crippen LogP contribution in [-0.2, 0) is 11.2 Å². The lowest BCUT2D eigenvalue weighted by Crippen LogP contribution is -2.35. The third-order valence-corrected chi connectivity index (χ3v) is 5.93. The van der Waals surface area contributed by atoms with Gasteiger partial charge in [-0.1, -0.05) is 60.7 Å². The Morgan fingerprint density at radius 3 is 1.36 bits per heavy atom. The van der Waals surface area contributed by atoms with Crippen molar-refractivity contribution in [1.82, 2.24) is 0 Å². The third kappa shape index (κ3) is 1.87. The number of hydrogen-bond donors (Lipinski definition) is 2. The molecule has 2 aliphatic rings. The van der Waals surface area contributed by atoms with E-state index in [-0.39, 0.29) is 11.8 Å². The molecule has 2 fully saturated rings. The van der Waals surface area contributed by atoms with E-state index in [1.165, 1.54) is 0 Å². The lowest BCUT2D eigenvalue weighted by atomic mass is 9.78. The molecule has 2 saturated carbocycles. The third-order valence-electron chi connectivity index (χ3n) is 5.93. The highest BCUT2D eigenvalue weighted by Gasteiger charge is 2.59. The molecule has 114 valence electrons. The van der Waals surface area contributed by atoms with E-state index in [4.69, 9.17) is 0 Å². The van der Waals surface area contributed by atoms with Gasteiger partial charge in [0.25, 0.3) is 0 Å². The Morgan fingerprint density at radius 1 is 0.636 bits per heavy atom. The summed E-state index contributed by atoms with van der Waals surface area (Å²) in [6.45, 7) is 0. The molecule has 0 bridgehead atoms. The van der Waals surface area contributed by atoms with Crippen molar-refractivity contribution in [3.63, 3.8) is 0 Å². The summed E-state index contributed by atoms with van der Waals surface area (Å²) < 4.78 is 0. The topological polar surface area (TPSA) is 40.5 Å². The molecule has 2 aromatic carbocycles. The molecule has 22 heavy (non-hydrogen) atoms. The zero-order valence-electron chi connectivity index (χ0n) is 12.7. The number of fused-ring (bicyclic) bond motifs is 1. The number of hydrogen-bond acceptors (Lipinski definition) is 2. The summed E-state index contributed by atoms with van der Waals surface area (Å²) in [5.74, 6) is 0.278. The molecule has 2 N–H and O–H groups in total. The Hall–Kier alpha value is -1.64. The van der Waals surface area contributed by atoms with Crippen LogP contribution in [0.2, 0.25) is 0 Å². The maximum absolute atomic E-state index is 11.3. The van der Waals surface area contributed by atoms with E-state index in [0.717, 1.165) is 36.8 Å². The maximum Gasteiger partial charge on any atom is 0.0928 e. The SMILES string of the molecule is O[C@]1(c2ccccc2)CC[C@@H]2[C@H]1CC[C@]2(O)c1ccccc1. The number of rotatable bonds is 2. The van der Waals surface area contributed by atoms with Crippen molar-refractivity contribution >= 4 is 0 Å². The molecule has 0 aromatic heterocycles. The van der Waals surface area contributed by atoms with Gasteiger partial charge in [0.1, 0.15) is 0 Å². The second-order valence-corrected chi connectivity index (χ2v) is 6.87. The standard InChI is InChI=1S/C20H22O2/c21-19(15-7-3-1-4-8-15)13-11-18-17(19)12-14-20(18,22)16-9-5-2-6-10-16/h1-10,17-18,21-22H,11-14H2/t17-,18-,19+,20+/m1/s1. The van der Waals surface area contributed by atoms with Crippen LogP contribution in [0.15, 0.2) is 60.7 Å². The summed E-state index contributed by atoms with van der Waals surface area (Å²) >= 11 is 0. The summed E-state index contributed by atoms with van der Waals surface area (Å²) in [7, 11) is 0. The summed E-state index contributed by atoms with van der Waals surface area (Å²) in [5, 5.41) is 22.6. The molecule has 4 rings (SSSR count). The number of benzene rings is 2. The highest BCUT2D eigenvalue weighted by molar-refractivity contribution is 5.31. The van der Waals surface area contributed by atoms with Crippen molar-refractivity contribution in [3.05, 3.63) is 71.8 Å². The van der Waals surface area contributed by atoms with Crippen LogP contribution < -0.4 is 0 Å². The van der Waals surface area contributed by atoms with E-state index >= 15 is 0 Å². The molecular weight excluding hydrogens is 272 g/mol. The lowest BCUT2D eigenvalue weighted by Gasteiger charge is -2.33. The van der Waals surface area contributed by atoms with Gasteiger partial charge in [-0.25, -0.2) is 0 Å². The Labute approximate surface area is 131 Å². The minimum atomic E-state index is -0.787. The van der Waals surface area contributed by atoms with Crippen molar-refractivity contribution in [1.29, 1.82) is 0 Å². The van der Waals surface area contributed by atoms with Gasteiger partial charge < -0.3 is 10.2 Å². The molecule has 0 spiro atoms. The van der Waals surface area contributed by atoms with Crippen LogP contribution in [0, 0.1) is 11.8 Å². The molecule has 0 heterocycles. The predicted molar refractivity (Wildman–Crippen MR) is 86.1 cm³/mol. The fourth-order valence-corrected chi connectivity index (χ4v) is 4.84. The van der Waals surface area contributed by atoms with E-state index in [9.17, 15) is 10.2 Å². The van der Waals surface area contributed by atoms with Crippen LogP contribution in [0.1, 0.15) is 36.8 Å². The quantitative estimate of drug-likeness (QED) is 0.888. The highest BCUT2D eigenvalue weighted by atomic mass is 16.3. The van der Waals surface area contributed by atoms with Crippen LogP contribution in [0.4, 0.5) is 0 Å². The molecular formula is C20H22O2. The predicted octanol–water partition coefficient (Wildman–Crippen LogP) is 3.58. The van der Waals surface area contributed by atoms with Crippen LogP contribution in [0.3, 0.4) is 0 Å². The van der Waals surface area contributed by atoms with Crippen LogP contribution >= 0.6 is 0 Å². The second kappa shape index (κ2) is 4.94. The van der Waals surface area contributed by atoms with Gasteiger partial charge in [0.2, 0.25) is 0 Å². The molecule has 2 nitrogen and oxygen atoms in total. The normalized spacial score (nSPS) is 37.2. The number of aliphatic hydroxyl groups is 2. The fraction of sp³-hybridized carbons (Fsp3) is 0.400. The van der Waals surface area contributed by atoms with Crippen LogP contribution in [0.25, 0.3) is 0 Å². The molecule has 2 aliphatic carbocycles. The van der Waals surface area contributed by atoms with Gasteiger partial charge in [-0.2, -0.15) is 0 Å². The van der Waals surface area contributed by atoms with E-state index < -0.39 is 11.2 Å². The van der Waals surface area contributed by atoms with E-state index in [0.29, 0.717) is 0 Å². The Bertz CT molecular complexity index is 594. The first-order valence-corrected chi connectivity index (χ1v) is 8.20. The molecule has 0 saturated heterocycles. The molecule has 0 amide bonds. The molecule has 2 heteroatoms. The van der Waals surface area contributed by atoms with Gasteiger partial charge in [0.15, 0.2) is 0 Å². The molecule has 0 radical (unpaired) electrons. The molecule has 2 aromatic rings. The monoisotopic (exact) mass is 294 g/mol. The van der Waals surface area contributed by atoms with Gasteiger partial charge in [-0.3, -0.25) is 0 Å². The zero-order valence-corrected chi connectivity index (χ0v) is 12.7. The minimum Gasteiger partial charge on any atom is -0.385 e. The minimum absolute atomic E-state index is 0.139. The van der Waals surface area contributed by atoms with Crippen molar-refractivity contribution in [2.45, 2.75) is 36.9 Å². The van der Waals surface area contributed by atoms with Gasteiger partial charge in [0, 0.05) is 0 Å². The first-order valence-electron chi connectivity index (χ1n) is 8.20. The van der Waals surface area contributed by atoms with Crippen molar-refractivity contribution in [3.8, 4) is 0 Å². The van der Waals surface area contributed by atoms with Crippen molar-refractivity contribution in [2.75, 3.05) is 0 Å². The maximum atomic E-state index is 11.3. The first kappa shape index (κ1) is 14.0. The van der Waals surface area contributed by atoms with Gasteiger partial charge >= 0.3 is 0 Å². The summed E-state index contributed by atoms with van der Waals surface area (Å²) in [6.07, 6.45) is 3.23. The smallest absolute Gasteiger partial charge is 0.0928 e. The fourth-order valence-electron chi connectivity index (χ4n) is 4.84. The summed E-state index contributed by atoms with van der Waals surface area (Å²) in [6, 6.07) is 20.0. The zero-order chi connectivity index (χ0) is 15.2. The van der Waals surface area contributed by atoms with Gasteiger partial charge in [0.05, 0.1) is 11.2 Å². The van der Waals surface area contributed by atoms with Crippen molar-refractivity contribution in [2.24, 2.45) is 11.8 Å². The lowest BCUT2D eigenvalue weighted by molar-refractivity contribution is -0.0357. The van der Waals surface area contributed by atoms with E-state index in [1.54, 1.807) is 0 Å². The highest BCUT2D eigenvalue weighted by Crippen LogP contribution is 2.60. The first-order chi connectivity index (χ1) is 10.6. The van der Waals surface area contributed by atoms with E-state index in [2.05, 4.69) is 0 Å². The van der Waals surface area contributed by atoms with Gasteiger partial charge in [-0.05, 0) is 48.6 Å². The van der Waals surface area contributed by atoms with E-state index in [1.807, 2.05) is 60.7 Å². The summed E-state index contributed by atoms with van der Waals surface area (Å²) in [4.78, 5) is 0. The summed E-state index contributed by atoms with van der Waals surface area (Å²) in [5.41, 5.74) is 0.427. The van der Waals surface area contributed by atoms with Crippen molar-refractivity contribution < 1.29 is 10.2 Å². The average molecular weight is 294 g/mol. The van der Waals surface area contributed by atoms with Crippen LogP contribution in [0.5, 0.6) is 0 Å². The van der Waals surface area contributed by atoms with Gasteiger partial charge in [-0.15, -0.1) is 0 Å². The molecule has 0 aliphatic heterocycles. The molecule has 4 atom stereocenters. The average Bonchev–Trinajstić information content (AvgIpc) is 3.10. The Morgan fingerprint density at radius 2 is 1.00 bits per heavy atom. The Balaban J connectivity index is 1.70. The second-order valence-electron chi connectivity index (χ2n) is 6.87. The largest absolute Gasteiger partial charge is 0.385 e. The van der Waals surface area contributed by atoms with Crippen LogP contribution in [-0.4, -0.2) is 10.2 Å². The molecule has 0 unspecified atom stereocenters.